The number of aromatic nitrogens is 2. The van der Waals surface area contributed by atoms with Gasteiger partial charge in [0, 0.05) is 18.0 Å². The molecule has 1 aliphatic heterocycles. The molecular formula is C16H20BFN2O2. The second kappa shape index (κ2) is 5.21. The quantitative estimate of drug-likeness (QED) is 0.817. The zero-order chi connectivity index (χ0) is 16.0. The molecule has 0 bridgehead atoms. The molecule has 0 amide bonds. The Morgan fingerprint density at radius 3 is 2.41 bits per heavy atom. The molecule has 0 radical (unpaired) electrons. The summed E-state index contributed by atoms with van der Waals surface area (Å²) in [6, 6.07) is 5.13. The predicted molar refractivity (Wildman–Crippen MR) is 83.4 cm³/mol. The fourth-order valence-electron chi connectivity index (χ4n) is 2.39. The standard InChI is InChI=1S/C16H20BFN2O2/c1-15(2)16(3,4)22-17(21-15)13-6-5-12(14(18)9-13)10-20-8-7-19-11-20/h5-9,11H,10H2,1-4H3. The molecule has 0 spiro atoms. The van der Waals surface area contributed by atoms with Gasteiger partial charge in [-0.25, -0.2) is 9.37 Å². The summed E-state index contributed by atoms with van der Waals surface area (Å²) in [5.41, 5.74) is 0.455. The first-order valence-corrected chi connectivity index (χ1v) is 7.38. The molecule has 0 aliphatic carbocycles. The van der Waals surface area contributed by atoms with Crippen molar-refractivity contribution < 1.29 is 13.7 Å². The monoisotopic (exact) mass is 302 g/mol. The van der Waals surface area contributed by atoms with E-state index in [-0.39, 0.29) is 5.82 Å². The van der Waals surface area contributed by atoms with Crippen LogP contribution in [0.15, 0.2) is 36.9 Å². The molecule has 0 atom stereocenters. The molecule has 1 aromatic carbocycles. The summed E-state index contributed by atoms with van der Waals surface area (Å²) in [5.74, 6) is -0.263. The number of halogens is 1. The van der Waals surface area contributed by atoms with Crippen LogP contribution in [0.1, 0.15) is 33.3 Å². The van der Waals surface area contributed by atoms with E-state index in [0.717, 1.165) is 0 Å². The lowest BCUT2D eigenvalue weighted by molar-refractivity contribution is 0.00578. The molecule has 2 heterocycles. The minimum Gasteiger partial charge on any atom is -0.399 e. The van der Waals surface area contributed by atoms with Crippen LogP contribution in [0.4, 0.5) is 4.39 Å². The minimum atomic E-state index is -0.540. The third-order valence-electron chi connectivity index (χ3n) is 4.51. The van der Waals surface area contributed by atoms with Crippen LogP contribution in [-0.2, 0) is 15.9 Å². The van der Waals surface area contributed by atoms with Crippen molar-refractivity contribution in [2.45, 2.75) is 45.4 Å². The Bertz CT molecular complexity index is 655. The molecule has 0 saturated carbocycles. The van der Waals surface area contributed by atoms with Gasteiger partial charge in [0.2, 0.25) is 0 Å². The lowest BCUT2D eigenvalue weighted by Gasteiger charge is -2.32. The van der Waals surface area contributed by atoms with Gasteiger partial charge in [-0.05, 0) is 39.2 Å². The van der Waals surface area contributed by atoms with Crippen molar-refractivity contribution in [3.63, 3.8) is 0 Å². The number of hydrogen-bond acceptors (Lipinski definition) is 3. The molecule has 0 N–H and O–H groups in total. The topological polar surface area (TPSA) is 36.3 Å². The zero-order valence-electron chi connectivity index (χ0n) is 13.3. The van der Waals surface area contributed by atoms with Gasteiger partial charge in [0.1, 0.15) is 5.82 Å². The second-order valence-electron chi connectivity index (χ2n) is 6.67. The molecule has 1 fully saturated rings. The molecule has 1 aliphatic rings. The van der Waals surface area contributed by atoms with E-state index in [1.165, 1.54) is 6.07 Å². The van der Waals surface area contributed by atoms with E-state index in [0.29, 0.717) is 17.6 Å². The molecular weight excluding hydrogens is 282 g/mol. The Balaban J connectivity index is 1.81. The molecule has 3 rings (SSSR count). The first-order valence-electron chi connectivity index (χ1n) is 7.38. The zero-order valence-corrected chi connectivity index (χ0v) is 13.3. The lowest BCUT2D eigenvalue weighted by Crippen LogP contribution is -2.41. The van der Waals surface area contributed by atoms with Crippen LogP contribution in [0.2, 0.25) is 0 Å². The second-order valence-corrected chi connectivity index (χ2v) is 6.67. The fraction of sp³-hybridized carbons (Fsp3) is 0.438. The molecule has 4 nitrogen and oxygen atoms in total. The van der Waals surface area contributed by atoms with Crippen molar-refractivity contribution in [3.05, 3.63) is 48.3 Å². The van der Waals surface area contributed by atoms with E-state index in [4.69, 9.17) is 9.31 Å². The smallest absolute Gasteiger partial charge is 0.399 e. The van der Waals surface area contributed by atoms with Crippen LogP contribution in [-0.4, -0.2) is 27.9 Å². The summed E-state index contributed by atoms with van der Waals surface area (Å²) in [7, 11) is -0.540. The summed E-state index contributed by atoms with van der Waals surface area (Å²) < 4.78 is 28.1. The van der Waals surface area contributed by atoms with Crippen LogP contribution in [0, 0.1) is 5.82 Å². The summed E-state index contributed by atoms with van der Waals surface area (Å²) in [6.07, 6.45) is 5.15. The highest BCUT2D eigenvalue weighted by molar-refractivity contribution is 6.62. The SMILES string of the molecule is CC1(C)OB(c2ccc(Cn3ccnc3)c(F)c2)OC1(C)C. The van der Waals surface area contributed by atoms with Crippen LogP contribution >= 0.6 is 0 Å². The summed E-state index contributed by atoms with van der Waals surface area (Å²) in [5, 5.41) is 0. The van der Waals surface area contributed by atoms with E-state index in [9.17, 15) is 4.39 Å². The van der Waals surface area contributed by atoms with Gasteiger partial charge in [0.15, 0.2) is 0 Å². The Morgan fingerprint density at radius 2 is 1.86 bits per heavy atom. The molecule has 1 aromatic heterocycles. The average molecular weight is 302 g/mol. The van der Waals surface area contributed by atoms with Crippen molar-refractivity contribution >= 4 is 12.6 Å². The van der Waals surface area contributed by atoms with Crippen LogP contribution in [0.25, 0.3) is 0 Å². The van der Waals surface area contributed by atoms with E-state index >= 15 is 0 Å². The van der Waals surface area contributed by atoms with E-state index in [1.807, 2.05) is 44.5 Å². The highest BCUT2D eigenvalue weighted by Gasteiger charge is 2.51. The first-order chi connectivity index (χ1) is 10.3. The molecule has 6 heteroatoms. The number of hydrogen-bond donors (Lipinski definition) is 0. The minimum absolute atomic E-state index is 0.263. The van der Waals surface area contributed by atoms with Gasteiger partial charge >= 0.3 is 7.12 Å². The summed E-state index contributed by atoms with van der Waals surface area (Å²) in [4.78, 5) is 3.96. The average Bonchev–Trinajstić information content (AvgIpc) is 2.99. The van der Waals surface area contributed by atoms with Crippen molar-refractivity contribution in [2.24, 2.45) is 0 Å². The fourth-order valence-corrected chi connectivity index (χ4v) is 2.39. The van der Waals surface area contributed by atoms with Gasteiger partial charge in [-0.3, -0.25) is 0 Å². The number of imidazole rings is 1. The lowest BCUT2D eigenvalue weighted by atomic mass is 9.78. The molecule has 22 heavy (non-hydrogen) atoms. The van der Waals surface area contributed by atoms with E-state index in [1.54, 1.807) is 18.6 Å². The Hall–Kier alpha value is -1.66. The van der Waals surface area contributed by atoms with Crippen molar-refractivity contribution in [1.29, 1.82) is 0 Å². The van der Waals surface area contributed by atoms with Gasteiger partial charge in [0.25, 0.3) is 0 Å². The van der Waals surface area contributed by atoms with Gasteiger partial charge < -0.3 is 13.9 Å². The Kier molecular flexibility index (Phi) is 3.61. The van der Waals surface area contributed by atoms with E-state index < -0.39 is 18.3 Å². The maximum absolute atomic E-state index is 14.3. The molecule has 1 saturated heterocycles. The number of rotatable bonds is 3. The number of nitrogens with zero attached hydrogens (tertiary/aromatic N) is 2. The van der Waals surface area contributed by atoms with Crippen molar-refractivity contribution in [1.82, 2.24) is 9.55 Å². The normalized spacial score (nSPS) is 19.6. The van der Waals surface area contributed by atoms with Crippen LogP contribution in [0.3, 0.4) is 0 Å². The summed E-state index contributed by atoms with van der Waals surface area (Å²) >= 11 is 0. The number of benzene rings is 1. The van der Waals surface area contributed by atoms with Gasteiger partial charge in [-0.15, -0.1) is 0 Å². The van der Waals surface area contributed by atoms with Crippen LogP contribution < -0.4 is 5.46 Å². The van der Waals surface area contributed by atoms with Crippen molar-refractivity contribution in [2.75, 3.05) is 0 Å². The highest BCUT2D eigenvalue weighted by Crippen LogP contribution is 2.36. The van der Waals surface area contributed by atoms with Gasteiger partial charge in [-0.1, -0.05) is 12.1 Å². The third kappa shape index (κ3) is 2.68. The molecule has 116 valence electrons. The van der Waals surface area contributed by atoms with Crippen molar-refractivity contribution in [3.8, 4) is 0 Å². The molecule has 2 aromatic rings. The largest absolute Gasteiger partial charge is 0.494 e. The van der Waals surface area contributed by atoms with Crippen LogP contribution in [0.5, 0.6) is 0 Å². The Morgan fingerprint density at radius 1 is 1.18 bits per heavy atom. The first kappa shape index (κ1) is 15.2. The molecule has 0 unspecified atom stereocenters. The third-order valence-corrected chi connectivity index (χ3v) is 4.51. The van der Waals surface area contributed by atoms with Gasteiger partial charge in [0.05, 0.1) is 24.1 Å². The predicted octanol–water partition coefficient (Wildman–Crippen LogP) is 2.37. The Labute approximate surface area is 130 Å². The summed E-state index contributed by atoms with van der Waals surface area (Å²) in [6.45, 7) is 8.39. The maximum Gasteiger partial charge on any atom is 0.494 e. The van der Waals surface area contributed by atoms with E-state index in [2.05, 4.69) is 4.98 Å². The highest BCUT2D eigenvalue weighted by atomic mass is 19.1. The maximum atomic E-state index is 14.3. The van der Waals surface area contributed by atoms with Gasteiger partial charge in [-0.2, -0.15) is 0 Å².